The summed E-state index contributed by atoms with van der Waals surface area (Å²) < 4.78 is 11.1. The summed E-state index contributed by atoms with van der Waals surface area (Å²) in [5.41, 5.74) is 14.1. The zero-order valence-electron chi connectivity index (χ0n) is 24.8. The number of nitrogens with zero attached hydrogens (tertiary/aromatic N) is 3. The molecule has 1 atom stereocenters. The number of fused-ring (bicyclic) bond motifs is 12. The van der Waals surface area contributed by atoms with Gasteiger partial charge in [-0.15, -0.1) is 0 Å². The average molecular weight is 589 g/mol. The summed E-state index contributed by atoms with van der Waals surface area (Å²) in [6, 6.07) is 48.1. The van der Waals surface area contributed by atoms with Crippen LogP contribution < -0.4 is 9.48 Å². The van der Waals surface area contributed by atoms with Gasteiger partial charge >= 0.3 is 0 Å². The summed E-state index contributed by atoms with van der Waals surface area (Å²) in [6.45, 7) is 0. The van der Waals surface area contributed by atoms with Crippen LogP contribution >= 0.6 is 0 Å². The molecule has 2 aromatic heterocycles. The van der Waals surface area contributed by atoms with Gasteiger partial charge in [0, 0.05) is 57.1 Å². The van der Waals surface area contributed by atoms with E-state index in [9.17, 15) is 0 Å². The zero-order valence-corrected chi connectivity index (χ0v) is 24.8. The van der Waals surface area contributed by atoms with Gasteiger partial charge in [0.15, 0.2) is 0 Å². The SMILES string of the molecule is C1=CC2=[N+](c3ccccc3)c3ccccc3N3c4ccc5c6ccccc6n(-c6ccc7oc8ccccc8c7c6)c5c4C(=C1)C23. The minimum absolute atomic E-state index is 0.0625. The third-order valence-electron chi connectivity index (χ3n) is 10.0. The van der Waals surface area contributed by atoms with Gasteiger partial charge in [0.25, 0.3) is 0 Å². The molecule has 0 fully saturated rings. The fraction of sp³-hybridized carbons (Fsp3) is 0.0238. The van der Waals surface area contributed by atoms with Gasteiger partial charge in [-0.1, -0.05) is 84.9 Å². The second-order valence-electron chi connectivity index (χ2n) is 12.3. The maximum absolute atomic E-state index is 6.23. The van der Waals surface area contributed by atoms with Gasteiger partial charge < -0.3 is 13.9 Å². The molecule has 4 heteroatoms. The first-order valence-corrected chi connectivity index (χ1v) is 15.8. The van der Waals surface area contributed by atoms with Crippen molar-refractivity contribution in [3.05, 3.63) is 157 Å². The second-order valence-corrected chi connectivity index (χ2v) is 12.3. The lowest BCUT2D eigenvalue weighted by Gasteiger charge is -2.32. The Morgan fingerprint density at radius 3 is 2.33 bits per heavy atom. The summed E-state index contributed by atoms with van der Waals surface area (Å²) in [7, 11) is 0. The largest absolute Gasteiger partial charge is 0.456 e. The van der Waals surface area contributed by atoms with Crippen molar-refractivity contribution in [1.82, 2.24) is 9.14 Å². The lowest BCUT2D eigenvalue weighted by atomic mass is 9.91. The molecular formula is C42H26N3O+. The van der Waals surface area contributed by atoms with Crippen LogP contribution in [0.4, 0.5) is 22.7 Å². The van der Waals surface area contributed by atoms with E-state index in [4.69, 9.17) is 4.42 Å². The first-order valence-electron chi connectivity index (χ1n) is 15.8. The average Bonchev–Trinajstić information content (AvgIpc) is 3.77. The highest BCUT2D eigenvalue weighted by Gasteiger charge is 2.49. The highest BCUT2D eigenvalue weighted by molar-refractivity contribution is 6.25. The summed E-state index contributed by atoms with van der Waals surface area (Å²) in [5, 5.41) is 4.78. The molecule has 1 unspecified atom stereocenters. The molecule has 3 aliphatic rings. The van der Waals surface area contributed by atoms with Crippen LogP contribution in [0.15, 0.2) is 156 Å². The molecule has 4 nitrogen and oxygen atoms in total. The predicted octanol–water partition coefficient (Wildman–Crippen LogP) is 10.4. The molecular weight excluding hydrogens is 562 g/mol. The number of para-hydroxylation sites is 5. The van der Waals surface area contributed by atoms with E-state index >= 15 is 0 Å². The molecule has 11 rings (SSSR count). The number of aromatic nitrogens is 1. The normalized spacial score (nSPS) is 16.4. The summed E-state index contributed by atoms with van der Waals surface area (Å²) in [6.07, 6.45) is 6.85. The molecule has 0 N–H and O–H groups in total. The van der Waals surface area contributed by atoms with Crippen molar-refractivity contribution in [2.45, 2.75) is 6.04 Å². The summed E-state index contributed by atoms with van der Waals surface area (Å²) >= 11 is 0. The van der Waals surface area contributed by atoms with Crippen molar-refractivity contribution in [2.75, 3.05) is 4.90 Å². The molecule has 6 aromatic carbocycles. The Kier molecular flexibility index (Phi) is 4.60. The Labute approximate surface area is 264 Å². The van der Waals surface area contributed by atoms with Crippen LogP contribution in [-0.2, 0) is 0 Å². The Morgan fingerprint density at radius 2 is 1.39 bits per heavy atom. The predicted molar refractivity (Wildman–Crippen MR) is 190 cm³/mol. The standard InChI is InChI=1S/C42H26N3O/c1-2-11-26(12-3-1)43-34-17-7-8-18-35(34)45-36-23-22-30-28-13-4-6-16-33(28)44(42(30)40(36)31-15-10-19-37(43)41(31)45)27-21-24-39-32(25-27)29-14-5-9-20-38(29)46-39/h1-25,41H/q+1. The van der Waals surface area contributed by atoms with Crippen molar-refractivity contribution in [1.29, 1.82) is 0 Å². The van der Waals surface area contributed by atoms with Gasteiger partial charge in [-0.05, 0) is 48.0 Å². The molecule has 0 saturated heterocycles. The van der Waals surface area contributed by atoms with E-state index in [0.717, 1.165) is 27.6 Å². The molecule has 0 radical (unpaired) electrons. The minimum Gasteiger partial charge on any atom is -0.456 e. The highest BCUT2D eigenvalue weighted by atomic mass is 16.3. The Hall–Kier alpha value is -6.13. The molecule has 4 heterocycles. The number of hydrogen-bond donors (Lipinski definition) is 0. The number of anilines is 2. The van der Waals surface area contributed by atoms with Gasteiger partial charge in [-0.2, -0.15) is 4.58 Å². The highest BCUT2D eigenvalue weighted by Crippen LogP contribution is 2.55. The van der Waals surface area contributed by atoms with Crippen LogP contribution in [0.3, 0.4) is 0 Å². The lowest BCUT2D eigenvalue weighted by Crippen LogP contribution is -2.43. The third-order valence-corrected chi connectivity index (χ3v) is 10.0. The van der Waals surface area contributed by atoms with Crippen LogP contribution in [0.5, 0.6) is 0 Å². The molecule has 0 saturated carbocycles. The van der Waals surface area contributed by atoms with Crippen LogP contribution in [0.25, 0.3) is 55.0 Å². The number of benzene rings is 6. The van der Waals surface area contributed by atoms with Crippen LogP contribution in [-0.4, -0.2) is 16.3 Å². The van der Waals surface area contributed by atoms with Crippen molar-refractivity contribution in [3.8, 4) is 5.69 Å². The third kappa shape index (κ3) is 3.01. The van der Waals surface area contributed by atoms with E-state index < -0.39 is 0 Å². The van der Waals surface area contributed by atoms with Gasteiger partial charge in [0.1, 0.15) is 22.9 Å². The fourth-order valence-electron chi connectivity index (χ4n) is 8.20. The molecule has 0 spiro atoms. The summed E-state index contributed by atoms with van der Waals surface area (Å²) in [4.78, 5) is 2.56. The monoisotopic (exact) mass is 588 g/mol. The van der Waals surface area contributed by atoms with Gasteiger partial charge in [-0.3, -0.25) is 0 Å². The minimum atomic E-state index is 0.0625. The molecule has 0 bridgehead atoms. The molecule has 8 aromatic rings. The van der Waals surface area contributed by atoms with E-state index in [1.807, 2.05) is 12.1 Å². The molecule has 46 heavy (non-hydrogen) atoms. The van der Waals surface area contributed by atoms with E-state index in [2.05, 4.69) is 154 Å². The molecule has 0 amide bonds. The number of hydrogen-bond acceptors (Lipinski definition) is 2. The van der Waals surface area contributed by atoms with Gasteiger partial charge in [0.05, 0.1) is 16.7 Å². The first-order chi connectivity index (χ1) is 22.8. The van der Waals surface area contributed by atoms with Crippen molar-refractivity contribution in [3.63, 3.8) is 0 Å². The van der Waals surface area contributed by atoms with Gasteiger partial charge in [0.2, 0.25) is 17.1 Å². The quantitative estimate of drug-likeness (QED) is 0.188. The first kappa shape index (κ1) is 24.2. The van der Waals surface area contributed by atoms with Crippen molar-refractivity contribution < 1.29 is 4.42 Å². The maximum atomic E-state index is 6.23. The van der Waals surface area contributed by atoms with Crippen LogP contribution in [0, 0.1) is 0 Å². The number of furan rings is 1. The fourth-order valence-corrected chi connectivity index (χ4v) is 8.20. The van der Waals surface area contributed by atoms with Crippen LogP contribution in [0.1, 0.15) is 5.56 Å². The molecule has 214 valence electrons. The number of allylic oxidation sites excluding steroid dienone is 2. The Balaban J connectivity index is 1.25. The van der Waals surface area contributed by atoms with E-state index in [1.54, 1.807) is 0 Å². The number of rotatable bonds is 2. The topological polar surface area (TPSA) is 24.3 Å². The summed E-state index contributed by atoms with van der Waals surface area (Å²) in [5.74, 6) is 0. The van der Waals surface area contributed by atoms with Gasteiger partial charge in [-0.25, -0.2) is 0 Å². The molecule has 1 aliphatic carbocycles. The van der Waals surface area contributed by atoms with E-state index in [-0.39, 0.29) is 6.04 Å². The van der Waals surface area contributed by atoms with E-state index in [1.165, 1.54) is 61.4 Å². The zero-order chi connectivity index (χ0) is 29.9. The Morgan fingerprint density at radius 1 is 0.609 bits per heavy atom. The van der Waals surface area contributed by atoms with Crippen LogP contribution in [0.2, 0.25) is 0 Å². The lowest BCUT2D eigenvalue weighted by molar-refractivity contribution is 0.669. The maximum Gasteiger partial charge on any atom is 0.235 e. The smallest absolute Gasteiger partial charge is 0.235 e. The second kappa shape index (κ2) is 8.74. The van der Waals surface area contributed by atoms with E-state index in [0.29, 0.717) is 0 Å². The Bertz CT molecular complexity index is 2700. The van der Waals surface area contributed by atoms with Crippen molar-refractivity contribution >= 4 is 77.8 Å². The molecule has 2 aliphatic heterocycles. The van der Waals surface area contributed by atoms with Crippen molar-refractivity contribution in [2.24, 2.45) is 0 Å².